The average molecular weight is 242 g/mol. The number of esters is 1. The van der Waals surface area contributed by atoms with E-state index in [1.165, 1.54) is 13.2 Å². The Morgan fingerprint density at radius 2 is 1.94 bits per heavy atom. The number of hydrogen-bond donors (Lipinski definition) is 0. The Hall–Kier alpha value is -2.34. The lowest BCUT2D eigenvalue weighted by molar-refractivity contribution is -0.139. The summed E-state index contributed by atoms with van der Waals surface area (Å²) in [7, 11) is 1.32. The van der Waals surface area contributed by atoms with E-state index < -0.39 is 0 Å². The van der Waals surface area contributed by atoms with Crippen molar-refractivity contribution in [2.75, 3.05) is 7.11 Å². The molecule has 0 radical (unpaired) electrons. The maximum Gasteiger partial charge on any atom is 0.317 e. The molecule has 0 saturated heterocycles. The standard InChI is InChI=1S/C15H11FO2/c1-18-15(17)8-4-5-11-9-10-14(16)13-7-3-2-6-12(11)13/h2-3,6-7,9-10H,8H2,1H3. The van der Waals surface area contributed by atoms with Gasteiger partial charge in [0.25, 0.3) is 0 Å². The summed E-state index contributed by atoms with van der Waals surface area (Å²) in [6.45, 7) is 0. The lowest BCUT2D eigenvalue weighted by atomic mass is 10.0. The molecular weight excluding hydrogens is 231 g/mol. The van der Waals surface area contributed by atoms with Gasteiger partial charge in [-0.3, -0.25) is 4.79 Å². The molecule has 0 unspecified atom stereocenters. The Morgan fingerprint density at radius 1 is 1.22 bits per heavy atom. The number of methoxy groups -OCH3 is 1. The highest BCUT2D eigenvalue weighted by atomic mass is 19.1. The molecule has 2 aromatic rings. The molecule has 0 aliphatic carbocycles. The first kappa shape index (κ1) is 12.1. The summed E-state index contributed by atoms with van der Waals surface area (Å²) in [6, 6.07) is 10.1. The molecule has 18 heavy (non-hydrogen) atoms. The van der Waals surface area contributed by atoms with Crippen molar-refractivity contribution >= 4 is 16.7 Å². The number of fused-ring (bicyclic) bond motifs is 1. The second kappa shape index (κ2) is 5.33. The van der Waals surface area contributed by atoms with Gasteiger partial charge in [0.2, 0.25) is 0 Å². The summed E-state index contributed by atoms with van der Waals surface area (Å²) in [4.78, 5) is 10.9. The van der Waals surface area contributed by atoms with Crippen LogP contribution in [0.2, 0.25) is 0 Å². The van der Waals surface area contributed by atoms with Gasteiger partial charge in [-0.05, 0) is 12.1 Å². The second-order valence-corrected chi connectivity index (χ2v) is 3.70. The van der Waals surface area contributed by atoms with Crippen molar-refractivity contribution in [2.24, 2.45) is 0 Å². The largest absolute Gasteiger partial charge is 0.468 e. The quantitative estimate of drug-likeness (QED) is 0.567. The lowest BCUT2D eigenvalue weighted by Crippen LogP contribution is -1.97. The van der Waals surface area contributed by atoms with Gasteiger partial charge in [-0.2, -0.15) is 0 Å². The zero-order valence-electron chi connectivity index (χ0n) is 9.87. The molecule has 0 spiro atoms. The Labute approximate surface area is 104 Å². The first-order valence-electron chi connectivity index (χ1n) is 5.45. The monoisotopic (exact) mass is 242 g/mol. The molecular formula is C15H11FO2. The molecule has 0 N–H and O–H groups in total. The van der Waals surface area contributed by atoms with Gasteiger partial charge in [-0.25, -0.2) is 4.39 Å². The van der Waals surface area contributed by atoms with Gasteiger partial charge >= 0.3 is 5.97 Å². The van der Waals surface area contributed by atoms with E-state index in [4.69, 9.17) is 0 Å². The van der Waals surface area contributed by atoms with E-state index in [9.17, 15) is 9.18 Å². The van der Waals surface area contributed by atoms with Gasteiger partial charge in [-0.15, -0.1) is 0 Å². The third-order valence-corrected chi connectivity index (χ3v) is 2.55. The SMILES string of the molecule is COC(=O)CC#Cc1ccc(F)c2ccccc12. The fourth-order valence-electron chi connectivity index (χ4n) is 1.66. The molecule has 0 saturated carbocycles. The molecule has 0 atom stereocenters. The topological polar surface area (TPSA) is 26.3 Å². The fourth-order valence-corrected chi connectivity index (χ4v) is 1.66. The van der Waals surface area contributed by atoms with Crippen molar-refractivity contribution in [3.05, 3.63) is 47.8 Å². The molecule has 0 fully saturated rings. The summed E-state index contributed by atoms with van der Waals surface area (Å²) < 4.78 is 18.0. The van der Waals surface area contributed by atoms with E-state index in [0.29, 0.717) is 10.9 Å². The molecule has 2 aromatic carbocycles. The van der Waals surface area contributed by atoms with Crippen molar-refractivity contribution < 1.29 is 13.9 Å². The third-order valence-electron chi connectivity index (χ3n) is 2.55. The van der Waals surface area contributed by atoms with Gasteiger partial charge in [-0.1, -0.05) is 36.1 Å². The number of carbonyl (C=O) groups excluding carboxylic acids is 1. The number of hydrogen-bond acceptors (Lipinski definition) is 2. The van der Waals surface area contributed by atoms with Crippen LogP contribution in [0.3, 0.4) is 0 Å². The van der Waals surface area contributed by atoms with Crippen LogP contribution in [0.25, 0.3) is 10.8 Å². The minimum Gasteiger partial charge on any atom is -0.468 e. The van der Waals surface area contributed by atoms with Crippen LogP contribution in [0.5, 0.6) is 0 Å². The van der Waals surface area contributed by atoms with Gasteiger partial charge < -0.3 is 4.74 Å². The molecule has 0 aliphatic heterocycles. The summed E-state index contributed by atoms with van der Waals surface area (Å²) in [6.07, 6.45) is 0.0300. The molecule has 90 valence electrons. The van der Waals surface area contributed by atoms with Crippen LogP contribution < -0.4 is 0 Å². The fraction of sp³-hybridized carbons (Fsp3) is 0.133. The second-order valence-electron chi connectivity index (χ2n) is 3.70. The summed E-state index contributed by atoms with van der Waals surface area (Å²) in [5, 5.41) is 1.28. The predicted octanol–water partition coefficient (Wildman–Crippen LogP) is 2.89. The van der Waals surface area contributed by atoms with E-state index in [-0.39, 0.29) is 18.2 Å². The van der Waals surface area contributed by atoms with E-state index in [1.54, 1.807) is 24.3 Å². The number of benzene rings is 2. The Balaban J connectivity index is 2.40. The van der Waals surface area contributed by atoms with Crippen LogP contribution in [0, 0.1) is 17.7 Å². The molecule has 0 bridgehead atoms. The highest BCUT2D eigenvalue weighted by molar-refractivity contribution is 5.88. The van der Waals surface area contributed by atoms with E-state index in [1.807, 2.05) is 6.07 Å². The van der Waals surface area contributed by atoms with Crippen molar-refractivity contribution in [2.45, 2.75) is 6.42 Å². The summed E-state index contributed by atoms with van der Waals surface area (Å²) in [5.41, 5.74) is 0.705. The van der Waals surface area contributed by atoms with Crippen LogP contribution in [-0.2, 0) is 9.53 Å². The molecule has 0 aliphatic rings. The van der Waals surface area contributed by atoms with Gasteiger partial charge in [0.05, 0.1) is 7.11 Å². The molecule has 0 heterocycles. The van der Waals surface area contributed by atoms with Crippen LogP contribution in [0.15, 0.2) is 36.4 Å². The maximum atomic E-state index is 13.5. The highest BCUT2D eigenvalue weighted by Gasteiger charge is 2.03. The highest BCUT2D eigenvalue weighted by Crippen LogP contribution is 2.20. The summed E-state index contributed by atoms with van der Waals surface area (Å²) in [5.74, 6) is 4.92. The Bertz CT molecular complexity index is 650. The van der Waals surface area contributed by atoms with Crippen molar-refractivity contribution in [3.63, 3.8) is 0 Å². The number of rotatable bonds is 1. The first-order chi connectivity index (χ1) is 8.72. The molecule has 3 heteroatoms. The number of halogens is 1. The zero-order valence-corrected chi connectivity index (χ0v) is 9.87. The molecule has 2 rings (SSSR count). The number of carbonyl (C=O) groups is 1. The van der Waals surface area contributed by atoms with E-state index >= 15 is 0 Å². The minimum atomic E-state index is -0.381. The smallest absolute Gasteiger partial charge is 0.317 e. The molecule has 0 amide bonds. The Kier molecular flexibility index (Phi) is 3.59. The number of ether oxygens (including phenoxy) is 1. The van der Waals surface area contributed by atoms with Crippen molar-refractivity contribution in [1.29, 1.82) is 0 Å². The van der Waals surface area contributed by atoms with Crippen LogP contribution in [0.1, 0.15) is 12.0 Å². The normalized spacial score (nSPS) is 9.67. The predicted molar refractivity (Wildman–Crippen MR) is 67.4 cm³/mol. The third kappa shape index (κ3) is 2.49. The molecule has 0 aromatic heterocycles. The molecule has 2 nitrogen and oxygen atoms in total. The maximum absolute atomic E-state index is 13.5. The minimum absolute atomic E-state index is 0.0300. The average Bonchev–Trinajstić information content (AvgIpc) is 2.41. The van der Waals surface area contributed by atoms with Gasteiger partial charge in [0, 0.05) is 16.3 Å². The van der Waals surface area contributed by atoms with Crippen LogP contribution in [-0.4, -0.2) is 13.1 Å². The Morgan fingerprint density at radius 3 is 2.67 bits per heavy atom. The van der Waals surface area contributed by atoms with Crippen molar-refractivity contribution in [1.82, 2.24) is 0 Å². The first-order valence-corrected chi connectivity index (χ1v) is 5.45. The van der Waals surface area contributed by atoms with E-state index in [2.05, 4.69) is 16.6 Å². The van der Waals surface area contributed by atoms with E-state index in [0.717, 1.165) is 5.39 Å². The van der Waals surface area contributed by atoms with Gasteiger partial charge in [0.15, 0.2) is 0 Å². The van der Waals surface area contributed by atoms with Gasteiger partial charge in [0.1, 0.15) is 12.2 Å². The summed E-state index contributed by atoms with van der Waals surface area (Å²) >= 11 is 0. The van der Waals surface area contributed by atoms with Crippen molar-refractivity contribution in [3.8, 4) is 11.8 Å². The zero-order chi connectivity index (χ0) is 13.0. The lowest BCUT2D eigenvalue weighted by Gasteiger charge is -2.01. The van der Waals surface area contributed by atoms with Crippen LogP contribution >= 0.6 is 0 Å². The van der Waals surface area contributed by atoms with Crippen LogP contribution in [0.4, 0.5) is 4.39 Å².